The summed E-state index contributed by atoms with van der Waals surface area (Å²) in [6.07, 6.45) is 13.8. The van der Waals surface area contributed by atoms with Gasteiger partial charge in [0.05, 0.1) is 49.2 Å². The summed E-state index contributed by atoms with van der Waals surface area (Å²) in [5.74, 6) is 1.84. The third kappa shape index (κ3) is 7.76. The topological polar surface area (TPSA) is 175 Å². The zero-order chi connectivity index (χ0) is 47.9. The molecule has 11 rings (SSSR count). The van der Waals surface area contributed by atoms with E-state index in [1.165, 1.54) is 68.6 Å². The zero-order valence-corrected chi connectivity index (χ0v) is 40.8. The van der Waals surface area contributed by atoms with E-state index in [9.17, 15) is 19.2 Å². The number of H-pyrrole nitrogens is 2. The van der Waals surface area contributed by atoms with Gasteiger partial charge in [0.1, 0.15) is 23.7 Å². The van der Waals surface area contributed by atoms with E-state index in [0.29, 0.717) is 11.8 Å². The number of carbonyl (C=O) groups excluding carboxylic acids is 4. The van der Waals surface area contributed by atoms with Crippen LogP contribution in [-0.2, 0) is 30.9 Å². The molecule has 4 heterocycles. The fourth-order valence-corrected chi connectivity index (χ4v) is 13.8. The van der Waals surface area contributed by atoms with Gasteiger partial charge in [0.15, 0.2) is 0 Å². The first-order valence-corrected chi connectivity index (χ1v) is 25.5. The maximum Gasteiger partial charge on any atom is 0.407 e. The maximum absolute atomic E-state index is 14.3. The second-order valence-corrected chi connectivity index (χ2v) is 21.7. The van der Waals surface area contributed by atoms with Crippen LogP contribution in [0.3, 0.4) is 0 Å². The van der Waals surface area contributed by atoms with Gasteiger partial charge in [-0.3, -0.25) is 9.59 Å². The van der Waals surface area contributed by atoms with Gasteiger partial charge in [-0.1, -0.05) is 76.9 Å². The van der Waals surface area contributed by atoms with Gasteiger partial charge in [-0.15, -0.1) is 0 Å². The molecule has 4 amide bonds. The van der Waals surface area contributed by atoms with Gasteiger partial charge >= 0.3 is 12.2 Å². The lowest BCUT2D eigenvalue weighted by Crippen LogP contribution is -2.54. The molecule has 2 saturated heterocycles. The fourth-order valence-electron chi connectivity index (χ4n) is 13.8. The van der Waals surface area contributed by atoms with Crippen LogP contribution in [-0.4, -0.2) is 92.1 Å². The van der Waals surface area contributed by atoms with Crippen LogP contribution in [0.5, 0.6) is 0 Å². The summed E-state index contributed by atoms with van der Waals surface area (Å²) in [5.41, 5.74) is 11.7. The summed E-state index contributed by atoms with van der Waals surface area (Å²) in [6, 6.07) is 18.7. The summed E-state index contributed by atoms with van der Waals surface area (Å²) in [7, 11) is 2.65. The van der Waals surface area contributed by atoms with E-state index in [-0.39, 0.29) is 53.2 Å². The van der Waals surface area contributed by atoms with Crippen molar-refractivity contribution >= 4 is 35.0 Å². The van der Waals surface area contributed by atoms with Crippen molar-refractivity contribution in [2.24, 2.45) is 23.7 Å². The number of amides is 4. The minimum Gasteiger partial charge on any atom is -0.453 e. The lowest BCUT2D eigenvalue weighted by Gasteiger charge is -2.37. The largest absolute Gasteiger partial charge is 0.453 e. The number of aromatic amines is 2. The highest BCUT2D eigenvalue weighted by molar-refractivity contribution is 5.89. The lowest BCUT2D eigenvalue weighted by molar-refractivity contribution is -0.140. The average molecular weight is 935 g/mol. The molecular formula is C55H66N8O6. The first-order valence-electron chi connectivity index (χ1n) is 25.5. The van der Waals surface area contributed by atoms with Crippen LogP contribution in [0.2, 0.25) is 0 Å². The Kier molecular flexibility index (Phi) is 11.6. The average Bonchev–Trinajstić information content (AvgIpc) is 4.23. The number of fused-ring (bicyclic) bond motifs is 7. The molecule has 69 heavy (non-hydrogen) atoms. The van der Waals surface area contributed by atoms with E-state index < -0.39 is 24.3 Å². The number of methoxy groups -OCH3 is 2. The van der Waals surface area contributed by atoms with Crippen molar-refractivity contribution < 1.29 is 28.7 Å². The Morgan fingerprint density at radius 1 is 0.681 bits per heavy atom. The highest BCUT2D eigenvalue weighted by Gasteiger charge is 2.53. The quantitative estimate of drug-likeness (QED) is 0.101. The summed E-state index contributed by atoms with van der Waals surface area (Å²) in [6.45, 7) is 7.79. The van der Waals surface area contributed by atoms with Crippen LogP contribution in [0.15, 0.2) is 60.8 Å². The van der Waals surface area contributed by atoms with Crippen molar-refractivity contribution in [3.63, 3.8) is 0 Å². The number of rotatable bonds is 11. The molecule has 5 fully saturated rings. The number of piperidine rings is 2. The number of nitrogens with one attached hydrogen (secondary N) is 4. The third-order valence-corrected chi connectivity index (χ3v) is 17.2. The van der Waals surface area contributed by atoms with Crippen molar-refractivity contribution in [3.05, 3.63) is 83.6 Å². The number of likely N-dealkylation sites (tertiary alicyclic amines) is 2. The van der Waals surface area contributed by atoms with Crippen LogP contribution < -0.4 is 10.6 Å². The van der Waals surface area contributed by atoms with Crippen LogP contribution in [0.25, 0.3) is 44.5 Å². The molecule has 0 radical (unpaired) electrons. The molecule has 3 saturated carbocycles. The molecule has 4 unspecified atom stereocenters. The SMILES string of the molecule is COC(=O)N[C@H](C(=O)N1C2CCC(C2)[C@H]1c1ncc(-c2ccc(-c3cc(-c4ccc5nc([C@@H]6C7CCC(C7)N6C(=O)[C@@H](NC(=O)OC)C(C)C)[nH]c5c4)c4c(c3)C3(CCCC3)CC4)cc2)[nH]1)C(C)C. The Morgan fingerprint density at radius 2 is 1.26 bits per heavy atom. The van der Waals surface area contributed by atoms with E-state index in [1.54, 1.807) is 0 Å². The standard InChI is InChI=1S/C55H66N8O6/c1-29(2)45(60-53(66)68-5)51(64)62-37-16-13-34(23-37)47(62)49-56-28-44(59-49)32-11-9-31(10-12-32)36-25-40(39-19-22-55(41(39)26-36)20-7-8-21-55)33-15-18-42-43(27-33)58-50(57-42)48-35-14-17-38(24-35)63(48)52(65)46(30(3)4)61-54(67)69-6/h9-12,15,18,25-30,34-35,37-38,45-48H,7-8,13-14,16-17,19-24H2,1-6H3,(H,56,59)(H,57,58)(H,60,66)(H,61,67)/t34?,35?,37?,38?,45-,46-,47-,48-/m0/s1. The predicted octanol–water partition coefficient (Wildman–Crippen LogP) is 9.91. The monoisotopic (exact) mass is 935 g/mol. The lowest BCUT2D eigenvalue weighted by atomic mass is 9.78. The zero-order valence-electron chi connectivity index (χ0n) is 40.8. The predicted molar refractivity (Wildman–Crippen MR) is 263 cm³/mol. The van der Waals surface area contributed by atoms with E-state index in [1.807, 2.05) is 43.7 Å². The smallest absolute Gasteiger partial charge is 0.407 e. The van der Waals surface area contributed by atoms with Crippen molar-refractivity contribution in [2.75, 3.05) is 14.2 Å². The third-order valence-electron chi connectivity index (χ3n) is 17.2. The second-order valence-electron chi connectivity index (χ2n) is 21.7. The van der Waals surface area contributed by atoms with Gasteiger partial charge < -0.3 is 39.9 Å². The molecule has 14 nitrogen and oxygen atoms in total. The summed E-state index contributed by atoms with van der Waals surface area (Å²) >= 11 is 0. The Bertz CT molecular complexity index is 2810. The highest BCUT2D eigenvalue weighted by Crippen LogP contribution is 2.55. The van der Waals surface area contributed by atoms with Crippen LogP contribution >= 0.6 is 0 Å². The van der Waals surface area contributed by atoms with E-state index in [2.05, 4.69) is 75.2 Å². The molecule has 1 spiro atoms. The summed E-state index contributed by atoms with van der Waals surface area (Å²) < 4.78 is 9.78. The Balaban J connectivity index is 0.888. The molecule has 6 aliphatic rings. The van der Waals surface area contributed by atoms with Gasteiger partial charge in [0, 0.05) is 12.1 Å². The minimum absolute atomic E-state index is 0.0765. The van der Waals surface area contributed by atoms with Crippen molar-refractivity contribution in [1.29, 1.82) is 0 Å². The Morgan fingerprint density at radius 3 is 1.86 bits per heavy atom. The second kappa shape index (κ2) is 17.7. The Hall–Kier alpha value is -6.18. The number of hydrogen-bond acceptors (Lipinski definition) is 8. The molecule has 8 atom stereocenters. The van der Waals surface area contributed by atoms with Gasteiger partial charge in [-0.05, 0) is 150 Å². The number of aromatic nitrogens is 4. The molecular weight excluding hydrogens is 869 g/mol. The number of carbonyl (C=O) groups is 4. The molecule has 3 aromatic carbocycles. The van der Waals surface area contributed by atoms with Crippen molar-refractivity contribution in [2.45, 2.75) is 146 Å². The van der Waals surface area contributed by atoms with Crippen LogP contribution in [0.1, 0.15) is 133 Å². The van der Waals surface area contributed by atoms with Gasteiger partial charge in [-0.25, -0.2) is 19.6 Å². The molecule has 4 aliphatic carbocycles. The molecule has 5 aromatic rings. The van der Waals surface area contributed by atoms with E-state index in [4.69, 9.17) is 19.4 Å². The molecule has 4 bridgehead atoms. The van der Waals surface area contributed by atoms with Crippen molar-refractivity contribution in [3.8, 4) is 33.5 Å². The maximum atomic E-state index is 14.3. The number of hydrogen-bond donors (Lipinski definition) is 4. The first-order chi connectivity index (χ1) is 33.3. The molecule has 4 N–H and O–H groups in total. The first kappa shape index (κ1) is 45.3. The van der Waals surface area contributed by atoms with E-state index >= 15 is 0 Å². The summed E-state index contributed by atoms with van der Waals surface area (Å²) in [5, 5.41) is 5.60. The minimum atomic E-state index is -0.688. The van der Waals surface area contributed by atoms with Gasteiger partial charge in [-0.2, -0.15) is 0 Å². The molecule has 14 heteroatoms. The Labute approximate surface area is 404 Å². The number of ether oxygens (including phenoxy) is 2. The van der Waals surface area contributed by atoms with Crippen LogP contribution in [0, 0.1) is 23.7 Å². The molecule has 2 aromatic heterocycles. The van der Waals surface area contributed by atoms with Gasteiger partial charge in [0.25, 0.3) is 0 Å². The molecule has 2 aliphatic heterocycles. The number of nitrogens with zero attached hydrogens (tertiary/aromatic N) is 4. The van der Waals surface area contributed by atoms with Crippen molar-refractivity contribution in [1.82, 2.24) is 40.4 Å². The number of imidazole rings is 2. The fraction of sp³-hybridized carbons (Fsp3) is 0.527. The normalized spacial score (nSPS) is 25.0. The molecule has 362 valence electrons. The van der Waals surface area contributed by atoms with Crippen LogP contribution in [0.4, 0.5) is 9.59 Å². The number of alkyl carbamates (subject to hydrolysis) is 2. The highest BCUT2D eigenvalue weighted by atomic mass is 16.5. The van der Waals surface area contributed by atoms with Gasteiger partial charge in [0.2, 0.25) is 11.8 Å². The number of benzene rings is 3. The van der Waals surface area contributed by atoms with E-state index in [0.717, 1.165) is 90.0 Å². The summed E-state index contributed by atoms with van der Waals surface area (Å²) in [4.78, 5) is 74.4.